The third-order valence-electron chi connectivity index (χ3n) is 1.17. The lowest BCUT2D eigenvalue weighted by Crippen LogP contribution is -2.10. The Morgan fingerprint density at radius 1 is 1.46 bits per heavy atom. The molecule has 0 aliphatic heterocycles. The molecule has 0 bridgehead atoms. The molecule has 0 fully saturated rings. The quantitative estimate of drug-likeness (QED) is 0.716. The van der Waals surface area contributed by atoms with Gasteiger partial charge in [0.05, 0.1) is 18.3 Å². The van der Waals surface area contributed by atoms with Crippen molar-refractivity contribution in [3.05, 3.63) is 16.9 Å². The Kier molecular flexibility index (Phi) is 2.60. The minimum absolute atomic E-state index is 0.364. The van der Waals surface area contributed by atoms with Crippen LogP contribution < -0.4 is 4.74 Å². The first-order valence-electron chi connectivity index (χ1n) is 3.09. The van der Waals surface area contributed by atoms with Gasteiger partial charge in [-0.25, -0.2) is 4.98 Å². The zero-order chi connectivity index (χ0) is 10.1. The van der Waals surface area contributed by atoms with Crippen LogP contribution in [-0.2, 0) is 6.18 Å². The molecule has 0 saturated carbocycles. The molecule has 0 aliphatic carbocycles. The summed E-state index contributed by atoms with van der Waals surface area (Å²) >= 11 is 5.24. The second-order valence-electron chi connectivity index (χ2n) is 2.05. The highest BCUT2D eigenvalue weighted by Crippen LogP contribution is 2.33. The minimum atomic E-state index is -4.59. The van der Waals surface area contributed by atoms with Gasteiger partial charge in [-0.2, -0.15) is 18.2 Å². The fourth-order valence-corrected chi connectivity index (χ4v) is 0.846. The maximum atomic E-state index is 12.1. The number of methoxy groups -OCH3 is 1. The maximum Gasteiger partial charge on any atom is 0.435 e. The summed E-state index contributed by atoms with van der Waals surface area (Å²) in [4.78, 5) is 6.48. The Morgan fingerprint density at radius 3 is 2.54 bits per heavy atom. The van der Waals surface area contributed by atoms with Crippen molar-refractivity contribution < 1.29 is 17.9 Å². The Balaban J connectivity index is 3.19. The maximum absolute atomic E-state index is 12.1. The van der Waals surface area contributed by atoms with E-state index >= 15 is 0 Å². The van der Waals surface area contributed by atoms with Crippen LogP contribution in [0.1, 0.15) is 5.69 Å². The number of aromatic nitrogens is 2. The van der Waals surface area contributed by atoms with Gasteiger partial charge in [0.2, 0.25) is 0 Å². The fraction of sp³-hybridized carbons (Fsp3) is 0.333. The first-order valence-corrected chi connectivity index (χ1v) is 3.46. The monoisotopic (exact) mass is 212 g/mol. The summed E-state index contributed by atoms with van der Waals surface area (Å²) < 4.78 is 40.8. The molecule has 0 N–H and O–H groups in total. The molecule has 0 aromatic carbocycles. The molecule has 13 heavy (non-hydrogen) atoms. The van der Waals surface area contributed by atoms with Crippen molar-refractivity contribution in [1.82, 2.24) is 9.97 Å². The van der Waals surface area contributed by atoms with E-state index in [1.807, 2.05) is 0 Å². The molecule has 1 rings (SSSR count). The molecule has 0 spiro atoms. The predicted octanol–water partition coefficient (Wildman–Crippen LogP) is 2.16. The number of halogens is 4. The summed E-state index contributed by atoms with van der Waals surface area (Å²) in [5, 5.41) is -0.548. The molecule has 0 unspecified atom stereocenters. The van der Waals surface area contributed by atoms with Crippen molar-refractivity contribution in [3.8, 4) is 6.01 Å². The smallest absolute Gasteiger partial charge is 0.435 e. The van der Waals surface area contributed by atoms with Crippen molar-refractivity contribution in [1.29, 1.82) is 0 Å². The first kappa shape index (κ1) is 10.0. The van der Waals surface area contributed by atoms with Gasteiger partial charge in [-0.15, -0.1) is 0 Å². The lowest BCUT2D eigenvalue weighted by atomic mass is 10.4. The van der Waals surface area contributed by atoms with Gasteiger partial charge in [0.15, 0.2) is 5.69 Å². The summed E-state index contributed by atoms with van der Waals surface area (Å²) in [7, 11) is 1.17. The number of ether oxygens (including phenoxy) is 1. The number of nitrogens with zero attached hydrogens (tertiary/aromatic N) is 2. The van der Waals surface area contributed by atoms with Gasteiger partial charge >= 0.3 is 12.2 Å². The molecule has 0 radical (unpaired) electrons. The fourth-order valence-electron chi connectivity index (χ4n) is 0.648. The van der Waals surface area contributed by atoms with Crippen molar-refractivity contribution >= 4 is 11.6 Å². The molecule has 7 heteroatoms. The van der Waals surface area contributed by atoms with Crippen LogP contribution in [0, 0.1) is 0 Å². The Morgan fingerprint density at radius 2 is 2.08 bits per heavy atom. The van der Waals surface area contributed by atoms with Crippen LogP contribution in [0.15, 0.2) is 6.20 Å². The van der Waals surface area contributed by atoms with E-state index in [-0.39, 0.29) is 6.01 Å². The van der Waals surface area contributed by atoms with Gasteiger partial charge in [-0.3, -0.25) is 0 Å². The van der Waals surface area contributed by atoms with E-state index in [0.29, 0.717) is 0 Å². The molecule has 72 valence electrons. The standard InChI is InChI=1S/C6H4ClF3N2O/c1-13-5-11-2-3(7)4(12-5)6(8,9)10/h2H,1H3. The number of rotatable bonds is 1. The molecule has 0 amide bonds. The normalized spacial score (nSPS) is 11.5. The summed E-state index contributed by atoms with van der Waals surface area (Å²) in [5.41, 5.74) is -1.19. The van der Waals surface area contributed by atoms with Gasteiger partial charge in [-0.05, 0) is 0 Å². The zero-order valence-electron chi connectivity index (χ0n) is 6.39. The lowest BCUT2D eigenvalue weighted by molar-refractivity contribution is -0.141. The van der Waals surface area contributed by atoms with Crippen molar-refractivity contribution in [3.63, 3.8) is 0 Å². The van der Waals surface area contributed by atoms with E-state index in [0.717, 1.165) is 6.20 Å². The summed E-state index contributed by atoms with van der Waals surface area (Å²) in [6.07, 6.45) is -3.75. The Labute approximate surface area is 76.5 Å². The second kappa shape index (κ2) is 3.37. The number of alkyl halides is 3. The van der Waals surface area contributed by atoms with Gasteiger partial charge < -0.3 is 4.74 Å². The third kappa shape index (κ3) is 2.21. The SMILES string of the molecule is COc1ncc(Cl)c(C(F)(F)F)n1. The highest BCUT2D eigenvalue weighted by molar-refractivity contribution is 6.31. The molecule has 0 aliphatic rings. The first-order chi connectivity index (χ1) is 5.95. The molecular weight excluding hydrogens is 209 g/mol. The Hall–Kier alpha value is -1.04. The molecule has 1 aromatic heterocycles. The molecule has 1 aromatic rings. The van der Waals surface area contributed by atoms with Crippen LogP contribution in [0.2, 0.25) is 5.02 Å². The number of hydrogen-bond donors (Lipinski definition) is 0. The highest BCUT2D eigenvalue weighted by Gasteiger charge is 2.36. The van der Waals surface area contributed by atoms with Crippen molar-refractivity contribution in [2.45, 2.75) is 6.18 Å². The lowest BCUT2D eigenvalue weighted by Gasteiger charge is -2.07. The molecular formula is C6H4ClF3N2O. The molecule has 0 saturated heterocycles. The highest BCUT2D eigenvalue weighted by atomic mass is 35.5. The largest absolute Gasteiger partial charge is 0.467 e. The molecule has 0 atom stereocenters. The van der Waals surface area contributed by atoms with Crippen LogP contribution >= 0.6 is 11.6 Å². The van der Waals surface area contributed by atoms with E-state index in [9.17, 15) is 13.2 Å². The summed E-state index contributed by atoms with van der Waals surface area (Å²) in [5.74, 6) is 0. The van der Waals surface area contributed by atoms with E-state index in [1.165, 1.54) is 7.11 Å². The van der Waals surface area contributed by atoms with Crippen LogP contribution in [0.4, 0.5) is 13.2 Å². The van der Waals surface area contributed by atoms with Gasteiger partial charge in [-0.1, -0.05) is 11.6 Å². The minimum Gasteiger partial charge on any atom is -0.467 e. The van der Waals surface area contributed by atoms with Crippen LogP contribution in [0.5, 0.6) is 6.01 Å². The Bertz CT molecular complexity index is 315. The molecule has 1 heterocycles. The topological polar surface area (TPSA) is 35.0 Å². The average molecular weight is 213 g/mol. The van der Waals surface area contributed by atoms with Crippen molar-refractivity contribution in [2.75, 3.05) is 7.11 Å². The average Bonchev–Trinajstić information content (AvgIpc) is 2.03. The van der Waals surface area contributed by atoms with Crippen LogP contribution in [-0.4, -0.2) is 17.1 Å². The van der Waals surface area contributed by atoms with Crippen molar-refractivity contribution in [2.24, 2.45) is 0 Å². The van der Waals surface area contributed by atoms with Crippen LogP contribution in [0.25, 0.3) is 0 Å². The van der Waals surface area contributed by atoms with Gasteiger partial charge in [0, 0.05) is 0 Å². The van der Waals surface area contributed by atoms with E-state index in [4.69, 9.17) is 11.6 Å². The van der Waals surface area contributed by atoms with E-state index in [2.05, 4.69) is 14.7 Å². The van der Waals surface area contributed by atoms with Gasteiger partial charge in [0.1, 0.15) is 0 Å². The zero-order valence-corrected chi connectivity index (χ0v) is 7.15. The van der Waals surface area contributed by atoms with Crippen LogP contribution in [0.3, 0.4) is 0 Å². The predicted molar refractivity (Wildman–Crippen MR) is 38.6 cm³/mol. The third-order valence-corrected chi connectivity index (χ3v) is 1.45. The second-order valence-corrected chi connectivity index (χ2v) is 2.46. The van der Waals surface area contributed by atoms with E-state index < -0.39 is 16.9 Å². The summed E-state index contributed by atoms with van der Waals surface area (Å²) in [6.45, 7) is 0. The summed E-state index contributed by atoms with van der Waals surface area (Å²) in [6, 6.07) is -0.364. The van der Waals surface area contributed by atoms with Gasteiger partial charge in [0.25, 0.3) is 0 Å². The van der Waals surface area contributed by atoms with E-state index in [1.54, 1.807) is 0 Å². The number of hydrogen-bond acceptors (Lipinski definition) is 3. The molecule has 3 nitrogen and oxygen atoms in total.